The number of fused-ring (bicyclic) bond motifs is 6. The molecule has 0 amide bonds. The van der Waals surface area contributed by atoms with Crippen LogP contribution in [-0.2, 0) is 0 Å². The highest BCUT2D eigenvalue weighted by atomic mass is 16.3. The second kappa shape index (κ2) is 10.5. The van der Waals surface area contributed by atoms with Gasteiger partial charge in [-0.25, -0.2) is 0 Å². The lowest BCUT2D eigenvalue weighted by atomic mass is 9.99. The van der Waals surface area contributed by atoms with Gasteiger partial charge in [0.05, 0.1) is 11.9 Å². The van der Waals surface area contributed by atoms with Gasteiger partial charge in [-0.3, -0.25) is 4.98 Å². The Morgan fingerprint density at radius 1 is 0.478 bits per heavy atom. The molecule has 6 aromatic carbocycles. The second-order valence-corrected chi connectivity index (χ2v) is 11.8. The van der Waals surface area contributed by atoms with Crippen LogP contribution in [0.15, 0.2) is 155 Å². The number of anilines is 2. The number of nitrogens with one attached hydrogen (secondary N) is 1. The van der Waals surface area contributed by atoms with Gasteiger partial charge in [0.1, 0.15) is 22.3 Å². The summed E-state index contributed by atoms with van der Waals surface area (Å²) < 4.78 is 12.5. The Kier molecular flexibility index (Phi) is 6.00. The molecule has 0 spiro atoms. The average molecular weight is 593 g/mol. The molecule has 3 heterocycles. The molecule has 9 aromatic rings. The van der Waals surface area contributed by atoms with Crippen LogP contribution in [0.2, 0.25) is 0 Å². The summed E-state index contributed by atoms with van der Waals surface area (Å²) in [4.78, 5) is 4.41. The van der Waals surface area contributed by atoms with Crippen molar-refractivity contribution in [1.29, 1.82) is 0 Å². The smallest absolute Gasteiger partial charge is 0.135 e. The Balaban J connectivity index is 1.11. The van der Waals surface area contributed by atoms with Crippen molar-refractivity contribution in [2.24, 2.45) is 0 Å². The number of pyridine rings is 1. The molecule has 0 aliphatic rings. The van der Waals surface area contributed by atoms with E-state index in [1.807, 2.05) is 24.5 Å². The Morgan fingerprint density at radius 2 is 1.02 bits per heavy atom. The van der Waals surface area contributed by atoms with Gasteiger partial charge in [0.15, 0.2) is 0 Å². The molecule has 3 aromatic heterocycles. The van der Waals surface area contributed by atoms with Crippen LogP contribution < -0.4 is 5.32 Å². The summed E-state index contributed by atoms with van der Waals surface area (Å²) in [6, 6.07) is 46.5. The molecule has 0 radical (unpaired) electrons. The molecule has 0 aliphatic heterocycles. The van der Waals surface area contributed by atoms with Crippen molar-refractivity contribution >= 4 is 55.3 Å². The summed E-state index contributed by atoms with van der Waals surface area (Å²) >= 11 is 0. The average Bonchev–Trinajstić information content (AvgIpc) is 3.66. The number of benzene rings is 6. The maximum atomic E-state index is 6.27. The molecule has 4 nitrogen and oxygen atoms in total. The molecule has 1 N–H and O–H groups in total. The van der Waals surface area contributed by atoms with Gasteiger partial charge in [-0.2, -0.15) is 0 Å². The number of hydrogen-bond acceptors (Lipinski definition) is 4. The fraction of sp³-hybridized carbons (Fsp3) is 0.0238. The number of nitrogens with zero attached hydrogens (tertiary/aromatic N) is 1. The number of furan rings is 2. The molecule has 0 bridgehead atoms. The van der Waals surface area contributed by atoms with E-state index in [0.29, 0.717) is 0 Å². The van der Waals surface area contributed by atoms with Gasteiger partial charge in [0, 0.05) is 39.0 Å². The van der Waals surface area contributed by atoms with Gasteiger partial charge in [-0.15, -0.1) is 0 Å². The Hall–Kier alpha value is -6.13. The Morgan fingerprint density at radius 3 is 1.65 bits per heavy atom. The minimum Gasteiger partial charge on any atom is -0.456 e. The van der Waals surface area contributed by atoms with E-state index >= 15 is 0 Å². The third kappa shape index (κ3) is 4.42. The fourth-order valence-electron chi connectivity index (χ4n) is 6.56. The summed E-state index contributed by atoms with van der Waals surface area (Å²) in [5.41, 5.74) is 13.6. The van der Waals surface area contributed by atoms with Crippen molar-refractivity contribution in [3.63, 3.8) is 0 Å². The van der Waals surface area contributed by atoms with E-state index in [0.717, 1.165) is 71.9 Å². The van der Waals surface area contributed by atoms with Gasteiger partial charge in [-0.05, 0) is 101 Å². The molecule has 46 heavy (non-hydrogen) atoms. The monoisotopic (exact) mass is 592 g/mol. The van der Waals surface area contributed by atoms with E-state index in [1.165, 1.54) is 22.3 Å². The van der Waals surface area contributed by atoms with Crippen molar-refractivity contribution in [2.75, 3.05) is 5.32 Å². The van der Waals surface area contributed by atoms with Crippen LogP contribution >= 0.6 is 0 Å². The van der Waals surface area contributed by atoms with Gasteiger partial charge in [0.25, 0.3) is 0 Å². The highest BCUT2D eigenvalue weighted by Crippen LogP contribution is 2.39. The molecular weight excluding hydrogens is 564 g/mol. The van der Waals surface area contributed by atoms with Crippen LogP contribution in [0.5, 0.6) is 0 Å². The zero-order valence-electron chi connectivity index (χ0n) is 25.1. The zero-order valence-corrected chi connectivity index (χ0v) is 25.1. The van der Waals surface area contributed by atoms with Crippen molar-refractivity contribution in [2.45, 2.75) is 6.92 Å². The normalized spacial score (nSPS) is 11.6. The third-order valence-corrected chi connectivity index (χ3v) is 8.91. The number of hydrogen-bond donors (Lipinski definition) is 1. The van der Waals surface area contributed by atoms with Crippen LogP contribution in [0.3, 0.4) is 0 Å². The molecule has 0 saturated heterocycles. The van der Waals surface area contributed by atoms with Crippen LogP contribution in [0.1, 0.15) is 5.56 Å². The van der Waals surface area contributed by atoms with Gasteiger partial charge >= 0.3 is 0 Å². The van der Waals surface area contributed by atoms with E-state index in [4.69, 9.17) is 8.83 Å². The van der Waals surface area contributed by atoms with Crippen LogP contribution in [0, 0.1) is 6.92 Å². The summed E-state index contributed by atoms with van der Waals surface area (Å²) in [7, 11) is 0. The van der Waals surface area contributed by atoms with E-state index in [-0.39, 0.29) is 0 Å². The van der Waals surface area contributed by atoms with Crippen LogP contribution in [-0.4, -0.2) is 4.98 Å². The topological polar surface area (TPSA) is 51.2 Å². The summed E-state index contributed by atoms with van der Waals surface area (Å²) in [5.74, 6) is 0. The largest absolute Gasteiger partial charge is 0.456 e. The first-order chi connectivity index (χ1) is 22.7. The second-order valence-electron chi connectivity index (χ2n) is 11.8. The van der Waals surface area contributed by atoms with Crippen LogP contribution in [0.4, 0.5) is 11.4 Å². The number of aromatic nitrogens is 1. The first-order valence-corrected chi connectivity index (χ1v) is 15.4. The SMILES string of the molecule is Cc1ccccc1-c1ccncc1Nc1ccc2oc3ccc(-c4ccc5oc6ccc(-c7ccccc7)cc6c5c4)cc3c2c1. The maximum absolute atomic E-state index is 6.27. The van der Waals surface area contributed by atoms with Crippen molar-refractivity contribution in [3.8, 4) is 33.4 Å². The quantitative estimate of drug-likeness (QED) is 0.216. The lowest BCUT2D eigenvalue weighted by Crippen LogP contribution is -1.95. The third-order valence-electron chi connectivity index (χ3n) is 8.91. The zero-order chi connectivity index (χ0) is 30.6. The summed E-state index contributed by atoms with van der Waals surface area (Å²) in [5, 5.41) is 7.98. The molecule has 0 fully saturated rings. The molecule has 0 aliphatic carbocycles. The first kappa shape index (κ1) is 26.3. The lowest BCUT2D eigenvalue weighted by molar-refractivity contribution is 0.668. The molecule has 0 unspecified atom stereocenters. The summed E-state index contributed by atoms with van der Waals surface area (Å²) in [6.07, 6.45) is 3.73. The highest BCUT2D eigenvalue weighted by Gasteiger charge is 2.14. The van der Waals surface area contributed by atoms with E-state index in [2.05, 4.69) is 139 Å². The molecule has 0 atom stereocenters. The van der Waals surface area contributed by atoms with Crippen LogP contribution in [0.25, 0.3) is 77.3 Å². The predicted molar refractivity (Wildman–Crippen MR) is 190 cm³/mol. The van der Waals surface area contributed by atoms with Crippen molar-refractivity contribution in [1.82, 2.24) is 4.98 Å². The van der Waals surface area contributed by atoms with Crippen molar-refractivity contribution in [3.05, 3.63) is 151 Å². The van der Waals surface area contributed by atoms with Crippen molar-refractivity contribution < 1.29 is 8.83 Å². The minimum atomic E-state index is 0.854. The lowest BCUT2D eigenvalue weighted by Gasteiger charge is -2.13. The Bertz CT molecular complexity index is 2580. The first-order valence-electron chi connectivity index (χ1n) is 15.4. The van der Waals surface area contributed by atoms with E-state index in [1.54, 1.807) is 0 Å². The van der Waals surface area contributed by atoms with Gasteiger partial charge in [-0.1, -0.05) is 72.8 Å². The minimum absolute atomic E-state index is 0.854. The Labute approximate surface area is 265 Å². The summed E-state index contributed by atoms with van der Waals surface area (Å²) in [6.45, 7) is 2.13. The molecule has 4 heteroatoms. The molecule has 218 valence electrons. The molecule has 0 saturated carbocycles. The van der Waals surface area contributed by atoms with Gasteiger partial charge in [0.2, 0.25) is 0 Å². The highest BCUT2D eigenvalue weighted by molar-refractivity contribution is 6.10. The van der Waals surface area contributed by atoms with Gasteiger partial charge < -0.3 is 14.2 Å². The predicted octanol–water partition coefficient (Wildman–Crippen LogP) is 11.9. The van der Waals surface area contributed by atoms with E-state index in [9.17, 15) is 0 Å². The number of aryl methyl sites for hydroxylation is 1. The standard InChI is InChI=1S/C42H28N2O2/c1-26-7-5-6-10-32(26)33-19-20-43-25-38(33)44-31-14-18-42-37(24-31)36-23-30(13-17-41(36)46-42)29-12-16-40-35(22-29)34-21-28(11-15-39(34)45-40)27-8-3-2-4-9-27/h2-25,44H,1H3. The number of rotatable bonds is 5. The maximum Gasteiger partial charge on any atom is 0.135 e. The fourth-order valence-corrected chi connectivity index (χ4v) is 6.56. The molecular formula is C42H28N2O2. The molecule has 9 rings (SSSR count). The van der Waals surface area contributed by atoms with E-state index < -0.39 is 0 Å².